The molecule has 2 aromatic carbocycles. The van der Waals surface area contributed by atoms with E-state index in [1.165, 1.54) is 22.0 Å². The van der Waals surface area contributed by atoms with Gasteiger partial charge in [0.05, 0.1) is 21.3 Å². The second-order valence-corrected chi connectivity index (χ2v) is 6.95. The summed E-state index contributed by atoms with van der Waals surface area (Å²) in [5.41, 5.74) is 4.76. The molecule has 0 saturated heterocycles. The van der Waals surface area contributed by atoms with E-state index in [1.54, 1.807) is 28.4 Å². The van der Waals surface area contributed by atoms with Crippen LogP contribution in [0.3, 0.4) is 0 Å². The number of hydrogen-bond acceptors (Lipinski definition) is 4. The van der Waals surface area contributed by atoms with Crippen molar-refractivity contribution < 1.29 is 14.2 Å². The van der Waals surface area contributed by atoms with Crippen LogP contribution in [0.5, 0.6) is 17.2 Å². The highest BCUT2D eigenvalue weighted by Crippen LogP contribution is 2.38. The Balaban J connectivity index is 0.00000341. The van der Waals surface area contributed by atoms with Crippen LogP contribution in [0.4, 0.5) is 0 Å². The first kappa shape index (κ1) is 24.6. The van der Waals surface area contributed by atoms with E-state index in [4.69, 9.17) is 14.2 Å². The van der Waals surface area contributed by atoms with Crippen LogP contribution in [-0.2, 0) is 13.0 Å². The number of nitrogens with one attached hydrogen (secondary N) is 3. The molecule has 0 bridgehead atoms. The van der Waals surface area contributed by atoms with Crippen molar-refractivity contribution in [2.45, 2.75) is 19.9 Å². The maximum absolute atomic E-state index is 5.42. The van der Waals surface area contributed by atoms with Gasteiger partial charge in [-0.15, -0.1) is 24.0 Å². The lowest BCUT2D eigenvalue weighted by atomic mass is 10.1. The van der Waals surface area contributed by atoms with Crippen molar-refractivity contribution in [3.63, 3.8) is 0 Å². The van der Waals surface area contributed by atoms with Gasteiger partial charge in [0.1, 0.15) is 0 Å². The Kier molecular flexibility index (Phi) is 9.29. The molecule has 0 unspecified atom stereocenters. The maximum atomic E-state index is 5.42. The molecule has 3 rings (SSSR count). The van der Waals surface area contributed by atoms with Crippen LogP contribution in [0.1, 0.15) is 16.7 Å². The fraction of sp³-hybridized carbons (Fsp3) is 0.348. The average Bonchev–Trinajstić information content (AvgIpc) is 3.19. The molecule has 0 saturated carbocycles. The molecule has 0 fully saturated rings. The van der Waals surface area contributed by atoms with Crippen molar-refractivity contribution in [3.8, 4) is 17.2 Å². The van der Waals surface area contributed by atoms with Crippen LogP contribution in [0.2, 0.25) is 0 Å². The molecule has 0 aliphatic heterocycles. The number of rotatable bonds is 8. The molecule has 7 nitrogen and oxygen atoms in total. The molecule has 0 spiro atoms. The highest BCUT2D eigenvalue weighted by atomic mass is 127. The normalized spacial score (nSPS) is 11.1. The summed E-state index contributed by atoms with van der Waals surface area (Å²) in [6.45, 7) is 3.47. The molecule has 0 atom stereocenters. The number of aliphatic imine (C=N–C) groups is 1. The van der Waals surface area contributed by atoms with Gasteiger partial charge in [0, 0.05) is 37.2 Å². The molecule has 3 N–H and O–H groups in total. The van der Waals surface area contributed by atoms with Crippen LogP contribution < -0.4 is 24.8 Å². The molecule has 3 aromatic rings. The van der Waals surface area contributed by atoms with Crippen LogP contribution >= 0.6 is 24.0 Å². The predicted molar refractivity (Wildman–Crippen MR) is 136 cm³/mol. The number of fused-ring (bicyclic) bond motifs is 1. The molecule has 0 aliphatic rings. The van der Waals surface area contributed by atoms with Crippen LogP contribution in [0.25, 0.3) is 10.9 Å². The molecular weight excluding hydrogens is 507 g/mol. The van der Waals surface area contributed by atoms with Gasteiger partial charge in [-0.3, -0.25) is 4.99 Å². The lowest BCUT2D eigenvalue weighted by Crippen LogP contribution is -2.37. The number of para-hydroxylation sites is 1. The Morgan fingerprint density at radius 3 is 2.35 bits per heavy atom. The maximum Gasteiger partial charge on any atom is 0.203 e. The summed E-state index contributed by atoms with van der Waals surface area (Å²) in [5, 5.41) is 7.98. The standard InChI is InChI=1S/C23H30N4O3.HI/c1-15-7-6-8-18-17(14-26-21(15)18)9-10-25-23(24-2)27-13-16-11-19(28-3)22(30-5)20(12-16)29-4;/h6-8,11-12,14,26H,9-10,13H2,1-5H3,(H2,24,25,27);1H. The molecule has 0 amide bonds. The lowest BCUT2D eigenvalue weighted by molar-refractivity contribution is 0.323. The first-order valence-corrected chi connectivity index (χ1v) is 9.90. The Hall–Kier alpha value is -2.62. The number of guanidine groups is 1. The van der Waals surface area contributed by atoms with Gasteiger partial charge in [0.25, 0.3) is 0 Å². The van der Waals surface area contributed by atoms with Crippen molar-refractivity contribution in [2.24, 2.45) is 4.99 Å². The zero-order valence-corrected chi connectivity index (χ0v) is 21.0. The van der Waals surface area contributed by atoms with Crippen LogP contribution in [0.15, 0.2) is 41.5 Å². The first-order valence-electron chi connectivity index (χ1n) is 9.90. The fourth-order valence-corrected chi connectivity index (χ4v) is 3.53. The number of aromatic nitrogens is 1. The topological polar surface area (TPSA) is 79.9 Å². The Morgan fingerprint density at radius 2 is 1.74 bits per heavy atom. The Labute approximate surface area is 200 Å². The monoisotopic (exact) mass is 538 g/mol. The summed E-state index contributed by atoms with van der Waals surface area (Å²) in [4.78, 5) is 7.70. The van der Waals surface area contributed by atoms with E-state index >= 15 is 0 Å². The summed E-state index contributed by atoms with van der Waals surface area (Å²) in [6, 6.07) is 10.2. The average molecular weight is 538 g/mol. The quantitative estimate of drug-likeness (QED) is 0.229. The van der Waals surface area contributed by atoms with Gasteiger partial charge < -0.3 is 29.8 Å². The number of ether oxygens (including phenoxy) is 3. The number of aryl methyl sites for hydroxylation is 1. The van der Waals surface area contributed by atoms with Crippen molar-refractivity contribution in [3.05, 3.63) is 53.2 Å². The van der Waals surface area contributed by atoms with Gasteiger partial charge in [-0.1, -0.05) is 18.2 Å². The minimum absolute atomic E-state index is 0. The summed E-state index contributed by atoms with van der Waals surface area (Å²) in [5.74, 6) is 2.58. The van der Waals surface area contributed by atoms with Gasteiger partial charge >= 0.3 is 0 Å². The third-order valence-corrected chi connectivity index (χ3v) is 5.10. The molecule has 1 aromatic heterocycles. The summed E-state index contributed by atoms with van der Waals surface area (Å²) >= 11 is 0. The van der Waals surface area contributed by atoms with Crippen LogP contribution in [0, 0.1) is 6.92 Å². The summed E-state index contributed by atoms with van der Waals surface area (Å²) in [6.07, 6.45) is 2.99. The van der Waals surface area contributed by atoms with Gasteiger partial charge in [0.2, 0.25) is 5.75 Å². The van der Waals surface area contributed by atoms with Crippen molar-refractivity contribution >= 4 is 40.8 Å². The lowest BCUT2D eigenvalue weighted by Gasteiger charge is -2.16. The van der Waals surface area contributed by atoms with Crippen molar-refractivity contribution in [2.75, 3.05) is 34.9 Å². The molecule has 168 valence electrons. The zero-order chi connectivity index (χ0) is 21.5. The van der Waals surface area contributed by atoms with Crippen molar-refractivity contribution in [1.29, 1.82) is 0 Å². The second kappa shape index (κ2) is 11.7. The van der Waals surface area contributed by atoms with Gasteiger partial charge in [-0.05, 0) is 42.2 Å². The minimum atomic E-state index is 0. The number of benzene rings is 2. The predicted octanol–water partition coefficient (Wildman–Crippen LogP) is 4.03. The van der Waals surface area contributed by atoms with E-state index in [-0.39, 0.29) is 24.0 Å². The number of hydrogen-bond donors (Lipinski definition) is 3. The fourth-order valence-electron chi connectivity index (χ4n) is 3.53. The molecule has 8 heteroatoms. The molecule has 31 heavy (non-hydrogen) atoms. The van der Waals surface area contributed by atoms with E-state index < -0.39 is 0 Å². The number of nitrogens with zero attached hydrogens (tertiary/aromatic N) is 1. The first-order chi connectivity index (χ1) is 14.6. The third kappa shape index (κ3) is 5.75. The highest BCUT2D eigenvalue weighted by molar-refractivity contribution is 14.0. The van der Waals surface area contributed by atoms with Gasteiger partial charge in [0.15, 0.2) is 17.5 Å². The Morgan fingerprint density at radius 1 is 1.03 bits per heavy atom. The Bertz CT molecular complexity index is 1010. The summed E-state index contributed by atoms with van der Waals surface area (Å²) < 4.78 is 16.2. The largest absolute Gasteiger partial charge is 0.493 e. The third-order valence-electron chi connectivity index (χ3n) is 5.10. The summed E-state index contributed by atoms with van der Waals surface area (Å²) in [7, 11) is 6.58. The SMILES string of the molecule is CN=C(NCCc1c[nH]c2c(C)cccc12)NCc1cc(OC)c(OC)c(OC)c1.I. The van der Waals surface area contributed by atoms with E-state index in [0.717, 1.165) is 24.5 Å². The second-order valence-electron chi connectivity index (χ2n) is 6.95. The van der Waals surface area contributed by atoms with E-state index in [0.29, 0.717) is 23.8 Å². The van der Waals surface area contributed by atoms with Crippen LogP contribution in [-0.4, -0.2) is 45.9 Å². The van der Waals surface area contributed by atoms with Gasteiger partial charge in [-0.2, -0.15) is 0 Å². The van der Waals surface area contributed by atoms with E-state index in [1.807, 2.05) is 12.1 Å². The minimum Gasteiger partial charge on any atom is -0.493 e. The van der Waals surface area contributed by atoms with Gasteiger partial charge in [-0.25, -0.2) is 0 Å². The molecule has 0 aliphatic carbocycles. The van der Waals surface area contributed by atoms with E-state index in [9.17, 15) is 0 Å². The molecular formula is C23H31IN4O3. The molecule has 0 radical (unpaired) electrons. The zero-order valence-electron chi connectivity index (χ0n) is 18.7. The number of methoxy groups -OCH3 is 3. The van der Waals surface area contributed by atoms with Crippen molar-refractivity contribution in [1.82, 2.24) is 15.6 Å². The number of halogens is 1. The smallest absolute Gasteiger partial charge is 0.203 e. The number of aromatic amines is 1. The highest BCUT2D eigenvalue weighted by Gasteiger charge is 2.13. The number of H-pyrrole nitrogens is 1. The van der Waals surface area contributed by atoms with E-state index in [2.05, 4.69) is 51.9 Å². The molecule has 1 heterocycles.